The van der Waals surface area contributed by atoms with Crippen molar-refractivity contribution in [1.82, 2.24) is 9.97 Å². The first-order valence-electron chi connectivity index (χ1n) is 2.90. The molecule has 0 radical (unpaired) electrons. The highest BCUT2D eigenvalue weighted by molar-refractivity contribution is 5.28. The Hall–Kier alpha value is -1.59. The van der Waals surface area contributed by atoms with Crippen molar-refractivity contribution in [3.05, 3.63) is 15.8 Å². The Morgan fingerprint density at radius 3 is 2.64 bits per heavy atom. The van der Waals surface area contributed by atoms with E-state index < -0.39 is 4.92 Å². The standard InChI is InChI=1S/C5H7N3O3/c1-3-4(8(9)10)7-5(6-3)11-2/h1-2H3,(H,6,7). The lowest BCUT2D eigenvalue weighted by molar-refractivity contribution is -0.389. The van der Waals surface area contributed by atoms with Crippen LogP contribution in [-0.2, 0) is 0 Å². The minimum atomic E-state index is -0.537. The third-order valence-electron chi connectivity index (χ3n) is 1.21. The molecule has 0 aliphatic carbocycles. The van der Waals surface area contributed by atoms with Gasteiger partial charge < -0.3 is 14.9 Å². The first-order chi connectivity index (χ1) is 5.15. The van der Waals surface area contributed by atoms with Gasteiger partial charge in [0.25, 0.3) is 0 Å². The maximum Gasteiger partial charge on any atom is 0.388 e. The Morgan fingerprint density at radius 1 is 1.73 bits per heavy atom. The Balaban J connectivity index is 3.07. The summed E-state index contributed by atoms with van der Waals surface area (Å²) >= 11 is 0. The first-order valence-corrected chi connectivity index (χ1v) is 2.90. The zero-order chi connectivity index (χ0) is 8.43. The molecule has 1 aromatic rings. The molecule has 0 aliphatic heterocycles. The average Bonchev–Trinajstić information content (AvgIpc) is 2.30. The molecule has 1 rings (SSSR count). The number of hydrogen-bond donors (Lipinski definition) is 1. The summed E-state index contributed by atoms with van der Waals surface area (Å²) in [6.07, 6.45) is 0. The predicted octanol–water partition coefficient (Wildman–Crippen LogP) is 0.635. The van der Waals surface area contributed by atoms with Gasteiger partial charge in [0.2, 0.25) is 0 Å². The van der Waals surface area contributed by atoms with Gasteiger partial charge in [0, 0.05) is 0 Å². The second-order valence-electron chi connectivity index (χ2n) is 1.94. The van der Waals surface area contributed by atoms with Crippen LogP contribution >= 0.6 is 0 Å². The Kier molecular flexibility index (Phi) is 1.75. The van der Waals surface area contributed by atoms with Crippen LogP contribution in [0, 0.1) is 17.0 Å². The van der Waals surface area contributed by atoms with Crippen LogP contribution in [0.15, 0.2) is 0 Å². The van der Waals surface area contributed by atoms with E-state index in [-0.39, 0.29) is 11.8 Å². The Labute approximate surface area is 62.4 Å². The van der Waals surface area contributed by atoms with E-state index in [4.69, 9.17) is 0 Å². The van der Waals surface area contributed by atoms with Gasteiger partial charge in [-0.3, -0.25) is 0 Å². The van der Waals surface area contributed by atoms with Gasteiger partial charge in [-0.2, -0.15) is 9.97 Å². The number of H-pyrrole nitrogens is 1. The zero-order valence-corrected chi connectivity index (χ0v) is 6.12. The van der Waals surface area contributed by atoms with E-state index in [1.807, 2.05) is 0 Å². The van der Waals surface area contributed by atoms with Gasteiger partial charge in [0.05, 0.1) is 7.11 Å². The molecule has 0 atom stereocenters. The second-order valence-corrected chi connectivity index (χ2v) is 1.94. The third kappa shape index (κ3) is 1.28. The summed E-state index contributed by atoms with van der Waals surface area (Å²) < 4.78 is 4.65. The predicted molar refractivity (Wildman–Crippen MR) is 36.5 cm³/mol. The molecule has 0 bridgehead atoms. The van der Waals surface area contributed by atoms with E-state index in [2.05, 4.69) is 14.7 Å². The van der Waals surface area contributed by atoms with Crippen molar-refractivity contribution in [2.24, 2.45) is 0 Å². The quantitative estimate of drug-likeness (QED) is 0.504. The molecule has 0 spiro atoms. The van der Waals surface area contributed by atoms with E-state index in [9.17, 15) is 10.1 Å². The number of methoxy groups -OCH3 is 1. The highest BCUT2D eigenvalue weighted by atomic mass is 16.6. The van der Waals surface area contributed by atoms with E-state index in [1.54, 1.807) is 0 Å². The van der Waals surface area contributed by atoms with Crippen molar-refractivity contribution in [3.63, 3.8) is 0 Å². The molecule has 11 heavy (non-hydrogen) atoms. The molecule has 1 N–H and O–H groups in total. The van der Waals surface area contributed by atoms with Gasteiger partial charge >= 0.3 is 11.8 Å². The van der Waals surface area contributed by atoms with Gasteiger partial charge in [-0.1, -0.05) is 0 Å². The number of aromatic nitrogens is 2. The smallest absolute Gasteiger partial charge is 0.388 e. The third-order valence-corrected chi connectivity index (χ3v) is 1.21. The fraction of sp³-hybridized carbons (Fsp3) is 0.400. The molecule has 0 saturated heterocycles. The maximum absolute atomic E-state index is 10.2. The van der Waals surface area contributed by atoms with Crippen LogP contribution in [0.2, 0.25) is 0 Å². The molecule has 0 amide bonds. The van der Waals surface area contributed by atoms with Crippen LogP contribution in [0.4, 0.5) is 5.82 Å². The molecule has 6 nitrogen and oxygen atoms in total. The lowest BCUT2D eigenvalue weighted by Crippen LogP contribution is -1.89. The summed E-state index contributed by atoms with van der Waals surface area (Å²) in [6.45, 7) is 1.54. The van der Waals surface area contributed by atoms with Crippen LogP contribution in [0.3, 0.4) is 0 Å². The second kappa shape index (κ2) is 2.57. The summed E-state index contributed by atoms with van der Waals surface area (Å²) in [6, 6.07) is 0.161. The van der Waals surface area contributed by atoms with E-state index in [0.29, 0.717) is 5.69 Å². The lowest BCUT2D eigenvalue weighted by Gasteiger charge is -1.87. The van der Waals surface area contributed by atoms with Crippen molar-refractivity contribution in [2.75, 3.05) is 7.11 Å². The number of nitrogens with one attached hydrogen (secondary N) is 1. The fourth-order valence-corrected chi connectivity index (χ4v) is 0.699. The topological polar surface area (TPSA) is 81.1 Å². The van der Waals surface area contributed by atoms with E-state index in [1.165, 1.54) is 14.0 Å². The zero-order valence-electron chi connectivity index (χ0n) is 6.12. The van der Waals surface area contributed by atoms with Crippen LogP contribution in [0.5, 0.6) is 6.01 Å². The SMILES string of the molecule is COc1nc(C)c([N+](=O)[O-])[nH]1. The van der Waals surface area contributed by atoms with Gasteiger partial charge in [-0.15, -0.1) is 0 Å². The monoisotopic (exact) mass is 157 g/mol. The van der Waals surface area contributed by atoms with Gasteiger partial charge in [0.1, 0.15) is 5.69 Å². The minimum absolute atomic E-state index is 0.123. The number of rotatable bonds is 2. The van der Waals surface area contributed by atoms with Crippen molar-refractivity contribution in [2.45, 2.75) is 6.92 Å². The number of aromatic amines is 1. The van der Waals surface area contributed by atoms with Gasteiger partial charge in [-0.05, 0) is 11.8 Å². The van der Waals surface area contributed by atoms with Crippen molar-refractivity contribution < 1.29 is 9.66 Å². The summed E-state index contributed by atoms with van der Waals surface area (Å²) in [5, 5.41) is 10.2. The van der Waals surface area contributed by atoms with Crippen molar-refractivity contribution >= 4 is 5.82 Å². The van der Waals surface area contributed by atoms with Gasteiger partial charge in [-0.25, -0.2) is 0 Å². The summed E-state index contributed by atoms with van der Waals surface area (Å²) in [4.78, 5) is 15.8. The first kappa shape index (κ1) is 7.52. The van der Waals surface area contributed by atoms with E-state index >= 15 is 0 Å². The highest BCUT2D eigenvalue weighted by Gasteiger charge is 2.15. The van der Waals surface area contributed by atoms with Crippen molar-refractivity contribution in [1.29, 1.82) is 0 Å². The molecular formula is C5H7N3O3. The normalized spacial score (nSPS) is 9.64. The summed E-state index contributed by atoms with van der Waals surface area (Å²) in [5.41, 5.74) is 0.326. The number of hydrogen-bond acceptors (Lipinski definition) is 4. The molecule has 60 valence electrons. The molecular weight excluding hydrogens is 150 g/mol. The minimum Gasteiger partial charge on any atom is -0.451 e. The van der Waals surface area contributed by atoms with Crippen LogP contribution < -0.4 is 4.74 Å². The average molecular weight is 157 g/mol. The fourth-order valence-electron chi connectivity index (χ4n) is 0.699. The molecule has 6 heteroatoms. The molecule has 1 heterocycles. The number of aryl methyl sites for hydroxylation is 1. The van der Waals surface area contributed by atoms with Gasteiger partial charge in [0.15, 0.2) is 0 Å². The molecule has 0 aliphatic rings. The number of nitrogens with zero attached hydrogens (tertiary/aromatic N) is 2. The number of nitro groups is 1. The highest BCUT2D eigenvalue weighted by Crippen LogP contribution is 2.16. The van der Waals surface area contributed by atoms with Crippen LogP contribution in [0.25, 0.3) is 0 Å². The van der Waals surface area contributed by atoms with E-state index in [0.717, 1.165) is 0 Å². The lowest BCUT2D eigenvalue weighted by atomic mass is 10.5. The number of ether oxygens (including phenoxy) is 1. The molecule has 0 aromatic carbocycles. The van der Waals surface area contributed by atoms with Crippen LogP contribution in [0.1, 0.15) is 5.69 Å². The largest absolute Gasteiger partial charge is 0.451 e. The molecule has 0 unspecified atom stereocenters. The van der Waals surface area contributed by atoms with Crippen molar-refractivity contribution in [3.8, 4) is 6.01 Å². The molecule has 1 aromatic heterocycles. The Morgan fingerprint density at radius 2 is 2.36 bits per heavy atom. The van der Waals surface area contributed by atoms with Crippen LogP contribution in [-0.4, -0.2) is 22.0 Å². The molecule has 0 fully saturated rings. The number of imidazole rings is 1. The summed E-state index contributed by atoms with van der Waals surface area (Å²) in [7, 11) is 1.39. The molecule has 0 saturated carbocycles. The Bertz CT molecular complexity index is 281. The maximum atomic E-state index is 10.2. The summed E-state index contributed by atoms with van der Waals surface area (Å²) in [5.74, 6) is -0.123.